The average molecular weight is 394 g/mol. The Bertz CT molecular complexity index is 971. The van der Waals surface area contributed by atoms with Crippen LogP contribution in [0.25, 0.3) is 22.7 Å². The topological polar surface area (TPSA) is 86.5 Å². The summed E-state index contributed by atoms with van der Waals surface area (Å²) in [5.74, 6) is 0.266. The van der Waals surface area contributed by atoms with Gasteiger partial charge in [-0.15, -0.1) is 0 Å². The van der Waals surface area contributed by atoms with Gasteiger partial charge in [0.2, 0.25) is 0 Å². The minimum absolute atomic E-state index is 0.428. The molecule has 0 spiro atoms. The van der Waals surface area contributed by atoms with Gasteiger partial charge in [-0.3, -0.25) is 9.69 Å². The van der Waals surface area contributed by atoms with E-state index in [-0.39, 0.29) is 0 Å². The zero-order valence-electron chi connectivity index (χ0n) is 16.6. The van der Waals surface area contributed by atoms with Crippen molar-refractivity contribution in [2.24, 2.45) is 5.73 Å². The van der Waals surface area contributed by atoms with Crippen molar-refractivity contribution in [2.45, 2.75) is 19.9 Å². The third-order valence-electron chi connectivity index (χ3n) is 5.42. The van der Waals surface area contributed by atoms with Crippen LogP contribution < -0.4 is 5.73 Å². The number of carbonyl (C=O) groups is 1. The Labute approximate surface area is 170 Å². The summed E-state index contributed by atoms with van der Waals surface area (Å²) >= 11 is 0. The van der Waals surface area contributed by atoms with Crippen molar-refractivity contribution in [3.05, 3.63) is 53.7 Å². The molecule has 152 valence electrons. The molecule has 0 atom stereocenters. The zero-order chi connectivity index (χ0) is 20.2. The summed E-state index contributed by atoms with van der Waals surface area (Å²) in [7, 11) is 0. The highest BCUT2D eigenvalue weighted by molar-refractivity contribution is 5.95. The molecular weight excluding hydrogens is 368 g/mol. The normalized spacial score (nSPS) is 14.9. The van der Waals surface area contributed by atoms with Crippen LogP contribution in [0.15, 0.2) is 47.0 Å². The van der Waals surface area contributed by atoms with Gasteiger partial charge in [0.05, 0.1) is 24.5 Å². The number of aromatic nitrogens is 2. The number of carbonyl (C=O) groups excluding carboxylic acids is 1. The summed E-state index contributed by atoms with van der Waals surface area (Å²) in [5, 5.41) is 4.26. The zero-order valence-corrected chi connectivity index (χ0v) is 16.6. The molecule has 1 fully saturated rings. The molecule has 7 heteroatoms. The van der Waals surface area contributed by atoms with Crippen LogP contribution in [0.2, 0.25) is 0 Å². The van der Waals surface area contributed by atoms with Gasteiger partial charge in [-0.05, 0) is 19.4 Å². The molecule has 1 saturated heterocycles. The molecule has 0 bridgehead atoms. The SMILES string of the molecule is Cc1c(C(N)=O)cc(-c2cc(-c3ccccc3)on2)n1CCCN1CCOCC1. The molecule has 0 aliphatic carbocycles. The molecule has 1 aliphatic heterocycles. The molecule has 0 saturated carbocycles. The number of benzene rings is 1. The Morgan fingerprint density at radius 3 is 2.62 bits per heavy atom. The highest BCUT2D eigenvalue weighted by Crippen LogP contribution is 2.29. The first-order valence-electron chi connectivity index (χ1n) is 9.96. The van der Waals surface area contributed by atoms with Crippen molar-refractivity contribution in [1.29, 1.82) is 0 Å². The maximum absolute atomic E-state index is 11.9. The Kier molecular flexibility index (Phi) is 5.78. The van der Waals surface area contributed by atoms with E-state index < -0.39 is 5.91 Å². The van der Waals surface area contributed by atoms with Gasteiger partial charge in [-0.1, -0.05) is 35.5 Å². The summed E-state index contributed by atoms with van der Waals surface area (Å²) in [5.41, 5.74) is 9.49. The lowest BCUT2D eigenvalue weighted by Crippen LogP contribution is -2.37. The molecular formula is C22H26N4O3. The van der Waals surface area contributed by atoms with E-state index in [9.17, 15) is 4.79 Å². The second-order valence-corrected chi connectivity index (χ2v) is 7.29. The van der Waals surface area contributed by atoms with Gasteiger partial charge in [0.25, 0.3) is 5.91 Å². The minimum atomic E-state index is -0.428. The van der Waals surface area contributed by atoms with Crippen LogP contribution in [-0.4, -0.2) is 53.4 Å². The molecule has 0 radical (unpaired) electrons. The van der Waals surface area contributed by atoms with E-state index in [2.05, 4.69) is 14.6 Å². The highest BCUT2D eigenvalue weighted by atomic mass is 16.5. The standard InChI is InChI=1S/C22H26N4O3/c1-16-18(22(23)27)14-20(26(16)9-5-8-25-10-12-28-13-11-25)19-15-21(29-24-19)17-6-3-2-4-7-17/h2-4,6-7,14-15H,5,8-13H2,1H3,(H2,23,27). The minimum Gasteiger partial charge on any atom is -0.379 e. The van der Waals surface area contributed by atoms with Crippen LogP contribution in [0.3, 0.4) is 0 Å². The fourth-order valence-electron chi connectivity index (χ4n) is 3.81. The summed E-state index contributed by atoms with van der Waals surface area (Å²) in [6.07, 6.45) is 0.962. The van der Waals surface area contributed by atoms with Crippen LogP contribution >= 0.6 is 0 Å². The quantitative estimate of drug-likeness (QED) is 0.666. The Morgan fingerprint density at radius 1 is 1.14 bits per heavy atom. The van der Waals surface area contributed by atoms with E-state index in [0.717, 1.165) is 62.8 Å². The molecule has 7 nitrogen and oxygen atoms in total. The first-order valence-corrected chi connectivity index (χ1v) is 9.96. The maximum atomic E-state index is 11.9. The van der Waals surface area contributed by atoms with Crippen LogP contribution in [-0.2, 0) is 11.3 Å². The van der Waals surface area contributed by atoms with E-state index in [0.29, 0.717) is 17.0 Å². The molecule has 3 aromatic rings. The van der Waals surface area contributed by atoms with E-state index >= 15 is 0 Å². The summed E-state index contributed by atoms with van der Waals surface area (Å²) < 4.78 is 13.1. The lowest BCUT2D eigenvalue weighted by Gasteiger charge is -2.26. The van der Waals surface area contributed by atoms with Crippen molar-refractivity contribution in [2.75, 3.05) is 32.8 Å². The number of rotatable bonds is 7. The first kappa shape index (κ1) is 19.4. The Hall–Kier alpha value is -2.90. The summed E-state index contributed by atoms with van der Waals surface area (Å²) in [6, 6.07) is 13.6. The molecule has 2 aromatic heterocycles. The number of morpholine rings is 1. The van der Waals surface area contributed by atoms with E-state index in [1.807, 2.05) is 49.4 Å². The molecule has 0 unspecified atom stereocenters. The van der Waals surface area contributed by atoms with E-state index in [1.54, 1.807) is 0 Å². The van der Waals surface area contributed by atoms with Gasteiger partial charge in [-0.25, -0.2) is 0 Å². The Morgan fingerprint density at radius 2 is 1.90 bits per heavy atom. The molecule has 1 aromatic carbocycles. The van der Waals surface area contributed by atoms with Gasteiger partial charge in [0, 0.05) is 43.5 Å². The lowest BCUT2D eigenvalue weighted by atomic mass is 10.1. The van der Waals surface area contributed by atoms with Crippen LogP contribution in [0, 0.1) is 6.92 Å². The van der Waals surface area contributed by atoms with Gasteiger partial charge in [-0.2, -0.15) is 0 Å². The molecule has 1 aliphatic rings. The van der Waals surface area contributed by atoms with Gasteiger partial charge < -0.3 is 19.6 Å². The number of ether oxygens (including phenoxy) is 1. The van der Waals surface area contributed by atoms with Crippen molar-refractivity contribution >= 4 is 5.91 Å². The summed E-state index contributed by atoms with van der Waals surface area (Å²) in [6.45, 7) is 7.21. The monoisotopic (exact) mass is 394 g/mol. The molecule has 3 heterocycles. The van der Waals surface area contributed by atoms with Crippen molar-refractivity contribution < 1.29 is 14.1 Å². The second kappa shape index (κ2) is 8.63. The number of amides is 1. The summed E-state index contributed by atoms with van der Waals surface area (Å²) in [4.78, 5) is 14.3. The molecule has 4 rings (SSSR count). The number of primary amides is 1. The molecule has 2 N–H and O–H groups in total. The van der Waals surface area contributed by atoms with Crippen molar-refractivity contribution in [3.63, 3.8) is 0 Å². The predicted octanol–water partition coefficient (Wildman–Crippen LogP) is 2.94. The number of nitrogens with two attached hydrogens (primary N) is 1. The molecule has 1 amide bonds. The number of hydrogen-bond donors (Lipinski definition) is 1. The van der Waals surface area contributed by atoms with Gasteiger partial charge >= 0.3 is 0 Å². The second-order valence-electron chi connectivity index (χ2n) is 7.29. The predicted molar refractivity (Wildman–Crippen MR) is 110 cm³/mol. The van der Waals surface area contributed by atoms with Crippen molar-refractivity contribution in [1.82, 2.24) is 14.6 Å². The van der Waals surface area contributed by atoms with Crippen LogP contribution in [0.4, 0.5) is 0 Å². The first-order chi connectivity index (χ1) is 14.1. The van der Waals surface area contributed by atoms with Crippen molar-refractivity contribution in [3.8, 4) is 22.7 Å². The fourth-order valence-corrected chi connectivity index (χ4v) is 3.81. The third-order valence-corrected chi connectivity index (χ3v) is 5.42. The van der Waals surface area contributed by atoms with Gasteiger partial charge in [0.15, 0.2) is 5.76 Å². The Balaban J connectivity index is 1.58. The van der Waals surface area contributed by atoms with E-state index in [4.69, 9.17) is 15.0 Å². The van der Waals surface area contributed by atoms with Crippen LogP contribution in [0.1, 0.15) is 22.5 Å². The largest absolute Gasteiger partial charge is 0.379 e. The third kappa shape index (κ3) is 4.26. The van der Waals surface area contributed by atoms with E-state index in [1.165, 1.54) is 0 Å². The fraction of sp³-hybridized carbons (Fsp3) is 0.364. The van der Waals surface area contributed by atoms with Gasteiger partial charge in [0.1, 0.15) is 5.69 Å². The number of hydrogen-bond acceptors (Lipinski definition) is 5. The number of nitrogens with zero attached hydrogens (tertiary/aromatic N) is 3. The lowest BCUT2D eigenvalue weighted by molar-refractivity contribution is 0.0369. The maximum Gasteiger partial charge on any atom is 0.250 e. The smallest absolute Gasteiger partial charge is 0.250 e. The highest BCUT2D eigenvalue weighted by Gasteiger charge is 2.20. The molecule has 29 heavy (non-hydrogen) atoms. The average Bonchev–Trinajstić information content (AvgIpc) is 3.35. The van der Waals surface area contributed by atoms with Crippen LogP contribution in [0.5, 0.6) is 0 Å².